The van der Waals surface area contributed by atoms with E-state index in [4.69, 9.17) is 9.47 Å². The molecule has 1 unspecified atom stereocenters. The van der Waals surface area contributed by atoms with Crippen molar-refractivity contribution in [2.45, 2.75) is 37.9 Å². The van der Waals surface area contributed by atoms with Crippen molar-refractivity contribution in [3.63, 3.8) is 0 Å². The number of nitrogens with zero attached hydrogens (tertiary/aromatic N) is 2. The van der Waals surface area contributed by atoms with Crippen LogP contribution >= 0.6 is 0 Å². The Kier molecular flexibility index (Phi) is 6.31. The van der Waals surface area contributed by atoms with E-state index in [0.29, 0.717) is 6.04 Å². The summed E-state index contributed by atoms with van der Waals surface area (Å²) in [6.45, 7) is 8.17. The molecule has 0 bridgehead atoms. The SMILES string of the molecule is COc1ccc(C2NCCc3c2[nH]c2ccccc32)cc1CN1CCC(N2CCOCC2)CC1. The van der Waals surface area contributed by atoms with Crippen molar-refractivity contribution < 1.29 is 9.47 Å². The highest BCUT2D eigenvalue weighted by Gasteiger charge is 2.28. The first-order valence-electron chi connectivity index (χ1n) is 12.8. The summed E-state index contributed by atoms with van der Waals surface area (Å²) in [7, 11) is 1.79. The number of rotatable bonds is 5. The maximum absolute atomic E-state index is 5.79. The third-order valence-corrected chi connectivity index (χ3v) is 8.01. The van der Waals surface area contributed by atoms with Gasteiger partial charge in [0, 0.05) is 54.4 Å². The Hall–Kier alpha value is -2.38. The average molecular weight is 461 g/mol. The van der Waals surface area contributed by atoms with Gasteiger partial charge >= 0.3 is 0 Å². The van der Waals surface area contributed by atoms with E-state index in [9.17, 15) is 0 Å². The number of ether oxygens (including phenoxy) is 2. The standard InChI is InChI=1S/C28H36N4O2/c1-33-26-7-6-20(27-28-24(8-11-29-27)23-4-2-3-5-25(23)30-28)18-21(26)19-31-12-9-22(10-13-31)32-14-16-34-17-15-32/h2-7,18,22,27,29-30H,8-17,19H2,1H3. The number of aromatic nitrogens is 1. The van der Waals surface area contributed by atoms with Gasteiger partial charge in [-0.3, -0.25) is 9.80 Å². The number of methoxy groups -OCH3 is 1. The molecular weight excluding hydrogens is 424 g/mol. The third-order valence-electron chi connectivity index (χ3n) is 8.01. The van der Waals surface area contributed by atoms with Crippen LogP contribution in [0, 0.1) is 0 Å². The number of nitrogens with one attached hydrogen (secondary N) is 2. The monoisotopic (exact) mass is 460 g/mol. The van der Waals surface area contributed by atoms with Gasteiger partial charge in [0.25, 0.3) is 0 Å². The molecule has 0 aliphatic carbocycles. The van der Waals surface area contributed by atoms with Gasteiger partial charge < -0.3 is 19.8 Å². The first-order valence-corrected chi connectivity index (χ1v) is 12.8. The number of para-hydroxylation sites is 1. The number of morpholine rings is 1. The van der Waals surface area contributed by atoms with E-state index in [1.54, 1.807) is 7.11 Å². The van der Waals surface area contributed by atoms with Crippen molar-refractivity contribution in [3.8, 4) is 5.75 Å². The molecule has 3 aromatic rings. The molecule has 0 amide bonds. The fourth-order valence-corrected chi connectivity index (χ4v) is 6.19. The lowest BCUT2D eigenvalue weighted by atomic mass is 9.93. The fourth-order valence-electron chi connectivity index (χ4n) is 6.19. The Bertz CT molecular complexity index is 1130. The van der Waals surface area contributed by atoms with Gasteiger partial charge in [0.1, 0.15) is 5.75 Å². The summed E-state index contributed by atoms with van der Waals surface area (Å²) in [5.41, 5.74) is 6.61. The van der Waals surface area contributed by atoms with Crippen LogP contribution < -0.4 is 10.1 Å². The molecule has 3 aliphatic rings. The van der Waals surface area contributed by atoms with Crippen LogP contribution in [0.15, 0.2) is 42.5 Å². The third kappa shape index (κ3) is 4.24. The van der Waals surface area contributed by atoms with Crippen LogP contribution in [0.4, 0.5) is 0 Å². The van der Waals surface area contributed by atoms with Crippen molar-refractivity contribution in [1.82, 2.24) is 20.1 Å². The molecule has 6 rings (SSSR count). The summed E-state index contributed by atoms with van der Waals surface area (Å²) in [4.78, 5) is 8.94. The predicted octanol–water partition coefficient (Wildman–Crippen LogP) is 3.71. The van der Waals surface area contributed by atoms with Gasteiger partial charge in [-0.15, -0.1) is 0 Å². The van der Waals surface area contributed by atoms with Gasteiger partial charge in [0.15, 0.2) is 0 Å². The molecule has 4 heterocycles. The smallest absolute Gasteiger partial charge is 0.123 e. The van der Waals surface area contributed by atoms with Crippen molar-refractivity contribution in [1.29, 1.82) is 0 Å². The van der Waals surface area contributed by atoms with E-state index >= 15 is 0 Å². The highest BCUT2D eigenvalue weighted by molar-refractivity contribution is 5.85. The lowest BCUT2D eigenvalue weighted by Crippen LogP contribution is -2.48. The molecule has 2 fully saturated rings. The lowest BCUT2D eigenvalue weighted by Gasteiger charge is -2.40. The first kappa shape index (κ1) is 22.1. The number of hydrogen-bond acceptors (Lipinski definition) is 5. The second kappa shape index (κ2) is 9.70. The highest BCUT2D eigenvalue weighted by Crippen LogP contribution is 2.35. The van der Waals surface area contributed by atoms with Crippen LogP contribution in [-0.2, 0) is 17.7 Å². The number of H-pyrrole nitrogens is 1. The van der Waals surface area contributed by atoms with Gasteiger partial charge in [-0.1, -0.05) is 24.3 Å². The lowest BCUT2D eigenvalue weighted by molar-refractivity contribution is 0.000180. The topological polar surface area (TPSA) is 52.8 Å². The van der Waals surface area contributed by atoms with Gasteiger partial charge in [-0.05, 0) is 61.7 Å². The highest BCUT2D eigenvalue weighted by atomic mass is 16.5. The summed E-state index contributed by atoms with van der Waals surface area (Å²) in [6, 6.07) is 16.3. The summed E-state index contributed by atoms with van der Waals surface area (Å²) in [5.74, 6) is 0.992. The molecule has 34 heavy (non-hydrogen) atoms. The first-order chi connectivity index (χ1) is 16.8. The van der Waals surface area contributed by atoms with Gasteiger partial charge in [-0.2, -0.15) is 0 Å². The van der Waals surface area contributed by atoms with Crippen LogP contribution in [0.1, 0.15) is 41.3 Å². The second-order valence-corrected chi connectivity index (χ2v) is 9.93. The summed E-state index contributed by atoms with van der Waals surface area (Å²) in [5, 5.41) is 5.12. The van der Waals surface area contributed by atoms with E-state index in [1.165, 1.54) is 46.1 Å². The molecule has 1 atom stereocenters. The van der Waals surface area contributed by atoms with Crippen LogP contribution in [0.25, 0.3) is 10.9 Å². The number of aromatic amines is 1. The molecule has 0 radical (unpaired) electrons. The molecular formula is C28H36N4O2. The Labute approximate surface area is 202 Å². The summed E-state index contributed by atoms with van der Waals surface area (Å²) >= 11 is 0. The van der Waals surface area contributed by atoms with Crippen molar-refractivity contribution in [2.24, 2.45) is 0 Å². The van der Waals surface area contributed by atoms with E-state index in [2.05, 4.69) is 62.6 Å². The number of fused-ring (bicyclic) bond motifs is 3. The van der Waals surface area contributed by atoms with Gasteiger partial charge in [-0.25, -0.2) is 0 Å². The number of hydrogen-bond donors (Lipinski definition) is 2. The predicted molar refractivity (Wildman–Crippen MR) is 136 cm³/mol. The molecule has 2 aromatic carbocycles. The Morgan fingerprint density at radius 1 is 1.03 bits per heavy atom. The maximum atomic E-state index is 5.79. The largest absolute Gasteiger partial charge is 0.496 e. The molecule has 180 valence electrons. The molecule has 2 N–H and O–H groups in total. The minimum Gasteiger partial charge on any atom is -0.496 e. The molecule has 6 heteroatoms. The molecule has 3 aliphatic heterocycles. The van der Waals surface area contributed by atoms with Crippen LogP contribution in [0.3, 0.4) is 0 Å². The van der Waals surface area contributed by atoms with E-state index < -0.39 is 0 Å². The second-order valence-electron chi connectivity index (χ2n) is 9.93. The molecule has 0 saturated carbocycles. The Balaban J connectivity index is 1.20. The van der Waals surface area contributed by atoms with Crippen molar-refractivity contribution in [2.75, 3.05) is 53.0 Å². The van der Waals surface area contributed by atoms with Crippen LogP contribution in [0.2, 0.25) is 0 Å². The molecule has 6 nitrogen and oxygen atoms in total. The van der Waals surface area contributed by atoms with Crippen LogP contribution in [0.5, 0.6) is 5.75 Å². The van der Waals surface area contributed by atoms with Crippen molar-refractivity contribution >= 4 is 10.9 Å². The summed E-state index contributed by atoms with van der Waals surface area (Å²) < 4.78 is 11.3. The normalized spacial score (nSPS) is 22.7. The molecule has 1 aromatic heterocycles. The zero-order chi connectivity index (χ0) is 22.9. The fraction of sp³-hybridized carbons (Fsp3) is 0.500. The molecule has 2 saturated heterocycles. The van der Waals surface area contributed by atoms with Gasteiger partial charge in [0.2, 0.25) is 0 Å². The number of benzene rings is 2. The Morgan fingerprint density at radius 2 is 1.85 bits per heavy atom. The maximum Gasteiger partial charge on any atom is 0.123 e. The molecule has 0 spiro atoms. The average Bonchev–Trinajstić information content (AvgIpc) is 3.29. The Morgan fingerprint density at radius 3 is 2.68 bits per heavy atom. The quantitative estimate of drug-likeness (QED) is 0.608. The number of piperidine rings is 1. The van der Waals surface area contributed by atoms with E-state index in [-0.39, 0.29) is 6.04 Å². The zero-order valence-electron chi connectivity index (χ0n) is 20.2. The van der Waals surface area contributed by atoms with Crippen molar-refractivity contribution in [3.05, 3.63) is 64.8 Å². The van der Waals surface area contributed by atoms with Crippen LogP contribution in [-0.4, -0.2) is 73.9 Å². The minimum absolute atomic E-state index is 0.188. The summed E-state index contributed by atoms with van der Waals surface area (Å²) in [6.07, 6.45) is 3.55. The minimum atomic E-state index is 0.188. The zero-order valence-corrected chi connectivity index (χ0v) is 20.2. The van der Waals surface area contributed by atoms with E-state index in [1.807, 2.05) is 0 Å². The van der Waals surface area contributed by atoms with Gasteiger partial charge in [0.05, 0.1) is 26.4 Å². The van der Waals surface area contributed by atoms with E-state index in [0.717, 1.165) is 64.7 Å². The number of likely N-dealkylation sites (tertiary alicyclic amines) is 1.